The second kappa shape index (κ2) is 47.4. The number of hydrogen-bond donors (Lipinski definition) is 2. The van der Waals surface area contributed by atoms with E-state index in [9.17, 15) is 19.0 Å². The summed E-state index contributed by atoms with van der Waals surface area (Å²) in [6.45, 7) is 3.67. The number of ether oxygens (including phenoxy) is 2. The van der Waals surface area contributed by atoms with Gasteiger partial charge in [-0.25, -0.2) is 4.57 Å². The van der Waals surface area contributed by atoms with Gasteiger partial charge in [-0.05, 0) is 70.6 Å². The van der Waals surface area contributed by atoms with Gasteiger partial charge in [0.1, 0.15) is 6.61 Å². The van der Waals surface area contributed by atoms with Crippen molar-refractivity contribution in [2.75, 3.05) is 26.4 Å². The molecule has 0 bridgehead atoms. The molecule has 1 unspecified atom stereocenters. The lowest BCUT2D eigenvalue weighted by atomic mass is 10.0. The summed E-state index contributed by atoms with van der Waals surface area (Å²) in [5.74, 6) is -0.927. The molecule has 0 rings (SSSR count). The standard InChI is InChI=1S/C51H94NO8P/c1-3-5-7-9-11-13-15-17-19-21-22-23-24-25-26-28-29-31-33-35-37-39-41-43-50(53)57-47-49(48-59-61(55,56)58-46-45-52)60-51(54)44-42-40-38-36-34-32-30-27-20-18-16-14-12-10-8-6-4-2/h28-30,32,35-38,49H,3-27,31,33-34,39-48,52H2,1-2H3,(H,55,56)/b29-28+,32-30+,37-35+,38-36+/t49-/m0/s1. The Labute approximate surface area is 375 Å². The summed E-state index contributed by atoms with van der Waals surface area (Å²) in [4.78, 5) is 34.9. The highest BCUT2D eigenvalue weighted by Gasteiger charge is 2.26. The number of phosphoric acid groups is 1. The third kappa shape index (κ3) is 47.3. The Morgan fingerprint density at radius 2 is 0.869 bits per heavy atom. The Balaban J connectivity index is 4.15. The van der Waals surface area contributed by atoms with Crippen molar-refractivity contribution in [3.63, 3.8) is 0 Å². The number of carbonyl (C=O) groups is 2. The van der Waals surface area contributed by atoms with E-state index in [0.29, 0.717) is 12.8 Å². The number of allylic oxidation sites excluding steroid dienone is 8. The van der Waals surface area contributed by atoms with Gasteiger partial charge < -0.3 is 20.1 Å². The molecule has 0 aromatic heterocycles. The quantitative estimate of drug-likeness (QED) is 0.0265. The molecule has 0 aromatic carbocycles. The predicted molar refractivity (Wildman–Crippen MR) is 257 cm³/mol. The van der Waals surface area contributed by atoms with Crippen LogP contribution in [0.3, 0.4) is 0 Å². The molecule has 0 aliphatic rings. The number of carbonyl (C=O) groups excluding carboxylic acids is 2. The van der Waals surface area contributed by atoms with Crippen LogP contribution in [0, 0.1) is 0 Å². The zero-order valence-corrected chi connectivity index (χ0v) is 40.3. The summed E-state index contributed by atoms with van der Waals surface area (Å²) in [7, 11) is -4.40. The van der Waals surface area contributed by atoms with Crippen LogP contribution >= 0.6 is 7.82 Å². The second-order valence-corrected chi connectivity index (χ2v) is 18.1. The molecule has 0 aromatic rings. The number of unbranched alkanes of at least 4 members (excludes halogenated alkanes) is 26. The lowest BCUT2D eigenvalue weighted by Gasteiger charge is -2.19. The Bertz CT molecular complexity index is 1140. The largest absolute Gasteiger partial charge is 0.472 e. The van der Waals surface area contributed by atoms with E-state index in [0.717, 1.165) is 44.9 Å². The maximum absolute atomic E-state index is 12.6. The van der Waals surface area contributed by atoms with E-state index in [1.54, 1.807) is 0 Å². The zero-order chi connectivity index (χ0) is 44.6. The first-order valence-corrected chi connectivity index (χ1v) is 26.6. The van der Waals surface area contributed by atoms with Crippen LogP contribution in [-0.2, 0) is 32.7 Å². The summed E-state index contributed by atoms with van der Waals surface area (Å²) in [6.07, 6.45) is 56.1. The molecule has 0 saturated carbocycles. The smallest absolute Gasteiger partial charge is 0.462 e. The topological polar surface area (TPSA) is 134 Å². The summed E-state index contributed by atoms with van der Waals surface area (Å²) in [6, 6.07) is 0. The van der Waals surface area contributed by atoms with Crippen LogP contribution < -0.4 is 5.73 Å². The summed E-state index contributed by atoms with van der Waals surface area (Å²) >= 11 is 0. The molecular weight excluding hydrogens is 786 g/mol. The second-order valence-electron chi connectivity index (χ2n) is 16.7. The molecule has 10 heteroatoms. The average molecular weight is 880 g/mol. The van der Waals surface area contributed by atoms with Gasteiger partial charge in [0.25, 0.3) is 0 Å². The maximum atomic E-state index is 12.6. The molecule has 0 heterocycles. The Morgan fingerprint density at radius 3 is 1.31 bits per heavy atom. The number of hydrogen-bond acceptors (Lipinski definition) is 8. The van der Waals surface area contributed by atoms with Crippen molar-refractivity contribution in [1.29, 1.82) is 0 Å². The lowest BCUT2D eigenvalue weighted by molar-refractivity contribution is -0.161. The minimum Gasteiger partial charge on any atom is -0.462 e. The van der Waals surface area contributed by atoms with Gasteiger partial charge in [0, 0.05) is 19.4 Å². The molecular formula is C51H94NO8P. The van der Waals surface area contributed by atoms with E-state index in [-0.39, 0.29) is 32.6 Å². The van der Waals surface area contributed by atoms with Gasteiger partial charge in [-0.3, -0.25) is 18.6 Å². The van der Waals surface area contributed by atoms with E-state index < -0.39 is 32.5 Å². The maximum Gasteiger partial charge on any atom is 0.472 e. The van der Waals surface area contributed by atoms with Crippen molar-refractivity contribution in [3.05, 3.63) is 48.6 Å². The molecule has 356 valence electrons. The van der Waals surface area contributed by atoms with Crippen molar-refractivity contribution >= 4 is 19.8 Å². The fraction of sp³-hybridized carbons (Fsp3) is 0.804. The SMILES string of the molecule is CCCCCCCCCCC/C=C/C/C=C/CCCC(=O)O[C@@H](COC(=O)CCC/C=C/CC/C=C/CCCCCCCCCCCCCCCC)COP(=O)(O)OCCN. The fourth-order valence-corrected chi connectivity index (χ4v) is 7.70. The van der Waals surface area contributed by atoms with Crippen molar-refractivity contribution in [2.45, 2.75) is 238 Å². The van der Waals surface area contributed by atoms with Gasteiger partial charge >= 0.3 is 19.8 Å². The third-order valence-electron chi connectivity index (χ3n) is 10.7. The molecule has 2 atom stereocenters. The fourth-order valence-electron chi connectivity index (χ4n) is 6.93. The molecule has 0 aliphatic carbocycles. The first kappa shape index (κ1) is 59.0. The monoisotopic (exact) mass is 880 g/mol. The number of esters is 2. The van der Waals surface area contributed by atoms with Crippen molar-refractivity contribution in [1.82, 2.24) is 0 Å². The van der Waals surface area contributed by atoms with E-state index in [1.165, 1.54) is 148 Å². The average Bonchev–Trinajstić information content (AvgIpc) is 3.25. The van der Waals surface area contributed by atoms with Crippen molar-refractivity contribution in [3.8, 4) is 0 Å². The molecule has 0 saturated heterocycles. The van der Waals surface area contributed by atoms with Gasteiger partial charge in [0.15, 0.2) is 6.10 Å². The first-order chi connectivity index (χ1) is 29.8. The van der Waals surface area contributed by atoms with Gasteiger partial charge in [0.05, 0.1) is 13.2 Å². The van der Waals surface area contributed by atoms with Crippen LogP contribution in [-0.4, -0.2) is 49.3 Å². The first-order valence-electron chi connectivity index (χ1n) is 25.1. The number of nitrogens with two attached hydrogens (primary N) is 1. The highest BCUT2D eigenvalue weighted by atomic mass is 31.2. The van der Waals surface area contributed by atoms with Gasteiger partial charge in [-0.15, -0.1) is 0 Å². The summed E-state index contributed by atoms with van der Waals surface area (Å²) in [5.41, 5.74) is 5.35. The van der Waals surface area contributed by atoms with Crippen LogP contribution in [0.15, 0.2) is 48.6 Å². The normalized spacial score (nSPS) is 13.6. The lowest BCUT2D eigenvalue weighted by Crippen LogP contribution is -2.29. The zero-order valence-electron chi connectivity index (χ0n) is 39.4. The highest BCUT2D eigenvalue weighted by Crippen LogP contribution is 2.43. The third-order valence-corrected chi connectivity index (χ3v) is 11.6. The summed E-state index contributed by atoms with van der Waals surface area (Å²) in [5, 5.41) is 0. The minimum atomic E-state index is -4.40. The van der Waals surface area contributed by atoms with Crippen molar-refractivity contribution < 1.29 is 37.6 Å². The Morgan fingerprint density at radius 1 is 0.492 bits per heavy atom. The number of rotatable bonds is 47. The molecule has 0 spiro atoms. The molecule has 0 radical (unpaired) electrons. The molecule has 3 N–H and O–H groups in total. The molecule has 9 nitrogen and oxygen atoms in total. The van der Waals surface area contributed by atoms with Crippen molar-refractivity contribution in [2.24, 2.45) is 5.73 Å². The van der Waals surface area contributed by atoms with E-state index >= 15 is 0 Å². The predicted octanol–water partition coefficient (Wildman–Crippen LogP) is 15.1. The van der Waals surface area contributed by atoms with Gasteiger partial charge in [-0.1, -0.05) is 197 Å². The van der Waals surface area contributed by atoms with Crippen LogP contribution in [0.25, 0.3) is 0 Å². The van der Waals surface area contributed by atoms with E-state index in [1.807, 2.05) is 0 Å². The minimum absolute atomic E-state index is 0.0415. The van der Waals surface area contributed by atoms with Crippen LogP contribution in [0.2, 0.25) is 0 Å². The van der Waals surface area contributed by atoms with E-state index in [4.69, 9.17) is 24.3 Å². The van der Waals surface area contributed by atoms with Crippen LogP contribution in [0.5, 0.6) is 0 Å². The highest BCUT2D eigenvalue weighted by molar-refractivity contribution is 7.47. The summed E-state index contributed by atoms with van der Waals surface area (Å²) < 4.78 is 32.8. The molecule has 0 fully saturated rings. The Hall–Kier alpha value is -2.03. The van der Waals surface area contributed by atoms with Crippen LogP contribution in [0.1, 0.15) is 232 Å². The molecule has 0 aliphatic heterocycles. The van der Waals surface area contributed by atoms with Crippen LogP contribution in [0.4, 0.5) is 0 Å². The molecule has 0 amide bonds. The van der Waals surface area contributed by atoms with E-state index in [2.05, 4.69) is 62.5 Å². The number of phosphoric ester groups is 1. The van der Waals surface area contributed by atoms with Gasteiger partial charge in [-0.2, -0.15) is 0 Å². The van der Waals surface area contributed by atoms with Gasteiger partial charge in [0.2, 0.25) is 0 Å². The Kier molecular flexibility index (Phi) is 45.9. The molecule has 61 heavy (non-hydrogen) atoms.